The van der Waals surface area contributed by atoms with Crippen molar-refractivity contribution in [3.8, 4) is 11.5 Å². The second-order valence-electron chi connectivity index (χ2n) is 6.26. The third kappa shape index (κ3) is 4.08. The number of fused-ring (bicyclic) bond motifs is 1. The summed E-state index contributed by atoms with van der Waals surface area (Å²) in [4.78, 5) is 25.1. The van der Waals surface area contributed by atoms with Crippen LogP contribution in [0, 0.1) is 5.92 Å². The summed E-state index contributed by atoms with van der Waals surface area (Å²) in [6.07, 6.45) is 0. The molecule has 2 amide bonds. The van der Waals surface area contributed by atoms with Crippen molar-refractivity contribution in [1.29, 1.82) is 0 Å². The van der Waals surface area contributed by atoms with Crippen molar-refractivity contribution in [3.63, 3.8) is 0 Å². The highest BCUT2D eigenvalue weighted by molar-refractivity contribution is 6.30. The average molecular weight is 375 g/mol. The van der Waals surface area contributed by atoms with Gasteiger partial charge in [-0.3, -0.25) is 9.59 Å². The van der Waals surface area contributed by atoms with Gasteiger partial charge in [0.2, 0.25) is 12.7 Å². The Bertz CT molecular complexity index is 821. The number of anilines is 1. The predicted octanol–water partition coefficient (Wildman–Crippen LogP) is 3.46. The molecule has 1 aliphatic rings. The molecule has 1 unspecified atom stereocenters. The quantitative estimate of drug-likeness (QED) is 0.840. The number of nitrogens with one attached hydrogen (secondary N) is 2. The van der Waals surface area contributed by atoms with Crippen LogP contribution in [0.15, 0.2) is 42.5 Å². The molecule has 1 heterocycles. The highest BCUT2D eigenvalue weighted by Gasteiger charge is 2.25. The van der Waals surface area contributed by atoms with Crippen molar-refractivity contribution in [2.75, 3.05) is 12.1 Å². The van der Waals surface area contributed by atoms with E-state index < -0.39 is 6.04 Å². The first-order chi connectivity index (χ1) is 12.4. The van der Waals surface area contributed by atoms with E-state index in [4.69, 9.17) is 21.1 Å². The van der Waals surface area contributed by atoms with Crippen LogP contribution in [0.4, 0.5) is 5.69 Å². The van der Waals surface area contributed by atoms with Crippen molar-refractivity contribution in [1.82, 2.24) is 5.32 Å². The van der Waals surface area contributed by atoms with Gasteiger partial charge in [0.25, 0.3) is 5.91 Å². The number of rotatable bonds is 5. The summed E-state index contributed by atoms with van der Waals surface area (Å²) in [5.74, 6) is 0.483. The third-order valence-corrected chi connectivity index (χ3v) is 4.23. The molecule has 1 atom stereocenters. The molecule has 3 rings (SSSR count). The normalized spacial score (nSPS) is 13.4. The minimum Gasteiger partial charge on any atom is -0.454 e. The lowest BCUT2D eigenvalue weighted by atomic mass is 10.0. The summed E-state index contributed by atoms with van der Waals surface area (Å²) in [6, 6.07) is 11.0. The molecule has 0 saturated heterocycles. The van der Waals surface area contributed by atoms with Gasteiger partial charge in [-0.15, -0.1) is 0 Å². The first-order valence-electron chi connectivity index (χ1n) is 8.21. The molecule has 0 saturated carbocycles. The monoisotopic (exact) mass is 374 g/mol. The van der Waals surface area contributed by atoms with E-state index in [9.17, 15) is 9.59 Å². The number of benzene rings is 2. The minimum absolute atomic E-state index is 0.0970. The highest BCUT2D eigenvalue weighted by Crippen LogP contribution is 2.34. The number of ether oxygens (including phenoxy) is 2. The van der Waals surface area contributed by atoms with E-state index in [1.54, 1.807) is 42.5 Å². The Kier molecular flexibility index (Phi) is 5.32. The molecule has 0 bridgehead atoms. The largest absolute Gasteiger partial charge is 0.454 e. The van der Waals surface area contributed by atoms with Crippen molar-refractivity contribution >= 4 is 29.1 Å². The fourth-order valence-corrected chi connectivity index (χ4v) is 2.68. The van der Waals surface area contributed by atoms with Crippen molar-refractivity contribution in [3.05, 3.63) is 53.1 Å². The number of hydrogen-bond donors (Lipinski definition) is 2. The van der Waals surface area contributed by atoms with E-state index in [-0.39, 0.29) is 24.5 Å². The predicted molar refractivity (Wildman–Crippen MR) is 98.7 cm³/mol. The van der Waals surface area contributed by atoms with Gasteiger partial charge in [-0.2, -0.15) is 0 Å². The molecule has 1 aliphatic heterocycles. The summed E-state index contributed by atoms with van der Waals surface area (Å²) in [6.45, 7) is 3.90. The van der Waals surface area contributed by atoms with Crippen LogP contribution >= 0.6 is 11.6 Å². The first kappa shape index (κ1) is 18.1. The topological polar surface area (TPSA) is 76.7 Å². The Labute approximate surface area is 156 Å². The van der Waals surface area contributed by atoms with Gasteiger partial charge in [0, 0.05) is 22.3 Å². The summed E-state index contributed by atoms with van der Waals surface area (Å²) >= 11 is 5.84. The molecule has 0 aromatic heterocycles. The number of carbonyl (C=O) groups excluding carboxylic acids is 2. The Balaban J connectivity index is 1.69. The molecule has 2 aromatic rings. The lowest BCUT2D eigenvalue weighted by molar-refractivity contribution is -0.118. The van der Waals surface area contributed by atoms with E-state index >= 15 is 0 Å². The van der Waals surface area contributed by atoms with Crippen LogP contribution in [0.2, 0.25) is 5.02 Å². The molecule has 0 aliphatic carbocycles. The molecule has 26 heavy (non-hydrogen) atoms. The van der Waals surface area contributed by atoms with E-state index in [1.165, 1.54) is 0 Å². The lowest BCUT2D eigenvalue weighted by Gasteiger charge is -2.22. The van der Waals surface area contributed by atoms with E-state index in [1.807, 2.05) is 13.8 Å². The maximum Gasteiger partial charge on any atom is 0.251 e. The van der Waals surface area contributed by atoms with E-state index in [0.717, 1.165) is 0 Å². The lowest BCUT2D eigenvalue weighted by Crippen LogP contribution is -2.47. The van der Waals surface area contributed by atoms with Crippen LogP contribution < -0.4 is 20.1 Å². The molecule has 0 radical (unpaired) electrons. The van der Waals surface area contributed by atoms with Crippen LogP contribution in [-0.4, -0.2) is 24.6 Å². The second-order valence-corrected chi connectivity index (χ2v) is 6.70. The van der Waals surface area contributed by atoms with Crippen LogP contribution in [0.3, 0.4) is 0 Å². The Morgan fingerprint density at radius 1 is 1.04 bits per heavy atom. The van der Waals surface area contributed by atoms with Gasteiger partial charge in [-0.1, -0.05) is 25.4 Å². The third-order valence-electron chi connectivity index (χ3n) is 3.98. The Morgan fingerprint density at radius 2 is 1.73 bits per heavy atom. The van der Waals surface area contributed by atoms with Gasteiger partial charge >= 0.3 is 0 Å². The molecular formula is C19H19ClN2O4. The van der Waals surface area contributed by atoms with Crippen LogP contribution in [0.1, 0.15) is 24.2 Å². The maximum atomic E-state index is 12.7. The zero-order valence-corrected chi connectivity index (χ0v) is 15.2. The zero-order chi connectivity index (χ0) is 18.7. The number of hydrogen-bond acceptors (Lipinski definition) is 4. The van der Waals surface area contributed by atoms with Crippen molar-refractivity contribution in [2.24, 2.45) is 5.92 Å². The van der Waals surface area contributed by atoms with Gasteiger partial charge in [0.15, 0.2) is 11.5 Å². The summed E-state index contributed by atoms with van der Waals surface area (Å²) < 4.78 is 10.6. The van der Waals surface area contributed by atoms with Crippen molar-refractivity contribution in [2.45, 2.75) is 19.9 Å². The van der Waals surface area contributed by atoms with Crippen LogP contribution in [0.25, 0.3) is 0 Å². The van der Waals surface area contributed by atoms with Crippen molar-refractivity contribution < 1.29 is 19.1 Å². The molecule has 0 fully saturated rings. The first-order valence-corrected chi connectivity index (χ1v) is 8.59. The molecular weight excluding hydrogens is 356 g/mol. The summed E-state index contributed by atoms with van der Waals surface area (Å²) in [5, 5.41) is 6.13. The molecule has 7 heteroatoms. The summed E-state index contributed by atoms with van der Waals surface area (Å²) in [7, 11) is 0. The number of halogens is 1. The Hall–Kier alpha value is -2.73. The number of carbonyl (C=O) groups is 2. The highest BCUT2D eigenvalue weighted by atomic mass is 35.5. The van der Waals surface area contributed by atoms with E-state index in [2.05, 4.69) is 10.6 Å². The van der Waals surface area contributed by atoms with Crippen LogP contribution in [-0.2, 0) is 4.79 Å². The van der Waals surface area contributed by atoms with Gasteiger partial charge in [0.05, 0.1) is 0 Å². The number of amides is 2. The molecule has 6 nitrogen and oxygen atoms in total. The maximum absolute atomic E-state index is 12.7. The SMILES string of the molecule is CC(C)C(NC(=O)c1ccc(Cl)cc1)C(=O)Nc1ccc2c(c1)OCO2. The Morgan fingerprint density at radius 3 is 2.42 bits per heavy atom. The molecule has 2 aromatic carbocycles. The van der Waals surface area contributed by atoms with Gasteiger partial charge < -0.3 is 20.1 Å². The summed E-state index contributed by atoms with van der Waals surface area (Å²) in [5.41, 5.74) is 1.02. The van der Waals surface area contributed by atoms with Gasteiger partial charge in [0.1, 0.15) is 6.04 Å². The molecule has 2 N–H and O–H groups in total. The van der Waals surface area contributed by atoms with E-state index in [0.29, 0.717) is 27.8 Å². The molecule has 0 spiro atoms. The standard InChI is InChI=1S/C19H19ClN2O4/c1-11(2)17(22-18(23)12-3-5-13(20)6-4-12)19(24)21-14-7-8-15-16(9-14)26-10-25-15/h3-9,11,17H,10H2,1-2H3,(H,21,24)(H,22,23). The second kappa shape index (κ2) is 7.66. The zero-order valence-electron chi connectivity index (χ0n) is 14.4. The van der Waals surface area contributed by atoms with Crippen LogP contribution in [0.5, 0.6) is 11.5 Å². The van der Waals surface area contributed by atoms with Gasteiger partial charge in [-0.25, -0.2) is 0 Å². The minimum atomic E-state index is -0.691. The fraction of sp³-hybridized carbons (Fsp3) is 0.263. The average Bonchev–Trinajstić information content (AvgIpc) is 3.07. The fourth-order valence-electron chi connectivity index (χ4n) is 2.56. The smallest absolute Gasteiger partial charge is 0.251 e. The van der Waals surface area contributed by atoms with Gasteiger partial charge in [-0.05, 0) is 42.3 Å². The molecule has 136 valence electrons.